The normalized spacial score (nSPS) is 11.0. The zero-order valence-electron chi connectivity index (χ0n) is 13.7. The third kappa shape index (κ3) is 4.23. The Labute approximate surface area is 157 Å². The number of amides is 1. The molecule has 2 N–H and O–H groups in total. The Kier molecular flexibility index (Phi) is 5.46. The number of nitrogens with zero attached hydrogens (tertiary/aromatic N) is 1. The van der Waals surface area contributed by atoms with E-state index >= 15 is 0 Å². The van der Waals surface area contributed by atoms with Gasteiger partial charge in [0.05, 0.1) is 16.9 Å². The summed E-state index contributed by atoms with van der Waals surface area (Å²) in [6.07, 6.45) is 0. The van der Waals surface area contributed by atoms with E-state index in [2.05, 4.69) is 15.3 Å². The summed E-state index contributed by atoms with van der Waals surface area (Å²) in [5, 5.41) is 4.02. The van der Waals surface area contributed by atoms with Crippen LogP contribution in [-0.4, -0.2) is 21.6 Å². The monoisotopic (exact) mass is 393 g/mol. The van der Waals surface area contributed by atoms with Gasteiger partial charge in [-0.15, -0.1) is 23.1 Å². The van der Waals surface area contributed by atoms with Gasteiger partial charge in [0.15, 0.2) is 0 Å². The van der Waals surface area contributed by atoms with Crippen LogP contribution in [0.1, 0.15) is 16.3 Å². The van der Waals surface area contributed by atoms with Crippen molar-refractivity contribution >= 4 is 56.5 Å². The van der Waals surface area contributed by atoms with Crippen LogP contribution < -0.4 is 10.9 Å². The number of hydrogen-bond donors (Lipinski definition) is 2. The summed E-state index contributed by atoms with van der Waals surface area (Å²) in [7, 11) is 0. The van der Waals surface area contributed by atoms with Crippen molar-refractivity contribution in [1.29, 1.82) is 0 Å². The van der Waals surface area contributed by atoms with E-state index in [1.807, 2.05) is 13.8 Å². The lowest BCUT2D eigenvalue weighted by Crippen LogP contribution is -2.15. The lowest BCUT2D eigenvalue weighted by atomic mass is 10.2. The minimum absolute atomic E-state index is 0.120. The summed E-state index contributed by atoms with van der Waals surface area (Å²) >= 11 is 8.80. The molecule has 0 aliphatic heterocycles. The molecule has 0 atom stereocenters. The van der Waals surface area contributed by atoms with Crippen LogP contribution in [-0.2, 0) is 10.5 Å². The van der Waals surface area contributed by atoms with Crippen molar-refractivity contribution in [2.75, 3.05) is 11.1 Å². The van der Waals surface area contributed by atoms with E-state index in [1.165, 1.54) is 23.1 Å². The number of thioether (sulfide) groups is 1. The second-order valence-electron chi connectivity index (χ2n) is 5.53. The summed E-state index contributed by atoms with van der Waals surface area (Å²) in [6, 6.07) is 7.00. The number of aromatic amines is 1. The Morgan fingerprint density at radius 3 is 2.96 bits per heavy atom. The molecule has 0 saturated heterocycles. The number of aromatic nitrogens is 2. The van der Waals surface area contributed by atoms with Crippen LogP contribution >= 0.6 is 34.7 Å². The van der Waals surface area contributed by atoms with Crippen LogP contribution in [0.3, 0.4) is 0 Å². The SMILES string of the molecule is Cc1sc2nc(CSCC(=O)Nc3cccc(Cl)c3)[nH]c(=O)c2c1C. The number of thiophene rings is 1. The lowest BCUT2D eigenvalue weighted by Gasteiger charge is -2.05. The highest BCUT2D eigenvalue weighted by atomic mass is 35.5. The molecule has 0 radical (unpaired) electrons. The number of hydrogen-bond acceptors (Lipinski definition) is 5. The standard InChI is InChI=1S/C17H16ClN3O2S2/c1-9-10(2)25-17-15(9)16(23)20-13(21-17)7-24-8-14(22)19-12-5-3-4-11(18)6-12/h3-6H,7-8H2,1-2H3,(H,19,22)(H,20,21,23). The van der Waals surface area contributed by atoms with Gasteiger partial charge in [-0.25, -0.2) is 4.98 Å². The fourth-order valence-corrected chi connectivity index (χ4v) is 4.30. The average Bonchev–Trinajstić information content (AvgIpc) is 2.82. The van der Waals surface area contributed by atoms with Gasteiger partial charge in [-0.3, -0.25) is 9.59 Å². The molecule has 0 aliphatic rings. The molecule has 1 aromatic carbocycles. The molecule has 0 fully saturated rings. The smallest absolute Gasteiger partial charge is 0.259 e. The first-order chi connectivity index (χ1) is 11.9. The third-order valence-electron chi connectivity index (χ3n) is 3.67. The fourth-order valence-electron chi connectivity index (χ4n) is 2.37. The van der Waals surface area contributed by atoms with Crippen molar-refractivity contribution in [2.45, 2.75) is 19.6 Å². The molecule has 5 nitrogen and oxygen atoms in total. The molecule has 25 heavy (non-hydrogen) atoms. The summed E-state index contributed by atoms with van der Waals surface area (Å²) in [6.45, 7) is 3.91. The van der Waals surface area contributed by atoms with Gasteiger partial charge in [0, 0.05) is 15.6 Å². The van der Waals surface area contributed by atoms with Gasteiger partial charge in [-0.05, 0) is 37.6 Å². The number of benzene rings is 1. The van der Waals surface area contributed by atoms with Crippen molar-refractivity contribution < 1.29 is 4.79 Å². The number of carbonyl (C=O) groups excluding carboxylic acids is 1. The summed E-state index contributed by atoms with van der Waals surface area (Å²) in [5.74, 6) is 1.18. The van der Waals surface area contributed by atoms with Crippen molar-refractivity contribution in [3.8, 4) is 0 Å². The van der Waals surface area contributed by atoms with Crippen LogP contribution in [0.5, 0.6) is 0 Å². The molecule has 3 rings (SSSR count). The Morgan fingerprint density at radius 2 is 2.20 bits per heavy atom. The third-order valence-corrected chi connectivity index (χ3v) is 5.95. The summed E-state index contributed by atoms with van der Waals surface area (Å²) in [5.41, 5.74) is 1.52. The highest BCUT2D eigenvalue weighted by molar-refractivity contribution is 7.99. The molecule has 0 unspecified atom stereocenters. The average molecular weight is 394 g/mol. The predicted molar refractivity (Wildman–Crippen MR) is 106 cm³/mol. The van der Waals surface area contributed by atoms with Gasteiger partial charge in [-0.1, -0.05) is 17.7 Å². The largest absolute Gasteiger partial charge is 0.325 e. The molecule has 0 spiro atoms. The molecule has 0 aliphatic carbocycles. The molecular formula is C17H16ClN3O2S2. The number of rotatable bonds is 5. The van der Waals surface area contributed by atoms with E-state index in [-0.39, 0.29) is 17.2 Å². The number of anilines is 1. The van der Waals surface area contributed by atoms with Crippen LogP contribution in [0, 0.1) is 13.8 Å². The molecule has 0 bridgehead atoms. The van der Waals surface area contributed by atoms with Gasteiger partial charge >= 0.3 is 0 Å². The predicted octanol–water partition coefficient (Wildman–Crippen LogP) is 4.13. The second-order valence-corrected chi connectivity index (χ2v) is 8.15. The quantitative estimate of drug-likeness (QED) is 0.683. The summed E-state index contributed by atoms with van der Waals surface area (Å²) < 4.78 is 0. The number of nitrogens with one attached hydrogen (secondary N) is 2. The van der Waals surface area contributed by atoms with Crippen molar-refractivity contribution in [1.82, 2.24) is 9.97 Å². The Bertz CT molecular complexity index is 997. The first-order valence-corrected chi connectivity index (χ1v) is 9.91. The molecule has 2 heterocycles. The van der Waals surface area contributed by atoms with E-state index in [1.54, 1.807) is 24.3 Å². The Morgan fingerprint density at radius 1 is 1.40 bits per heavy atom. The van der Waals surface area contributed by atoms with Crippen LogP contribution in [0.2, 0.25) is 5.02 Å². The second kappa shape index (κ2) is 7.59. The van der Waals surface area contributed by atoms with E-state index in [4.69, 9.17) is 11.6 Å². The zero-order valence-corrected chi connectivity index (χ0v) is 16.1. The van der Waals surface area contributed by atoms with E-state index in [0.29, 0.717) is 27.7 Å². The number of aryl methyl sites for hydroxylation is 2. The Hall–Kier alpha value is -1.83. The maximum atomic E-state index is 12.2. The van der Waals surface area contributed by atoms with Crippen molar-refractivity contribution in [3.63, 3.8) is 0 Å². The molecule has 8 heteroatoms. The number of halogens is 1. The highest BCUT2D eigenvalue weighted by Gasteiger charge is 2.12. The molecular weight excluding hydrogens is 378 g/mol. The van der Waals surface area contributed by atoms with Gasteiger partial charge in [-0.2, -0.15) is 0 Å². The van der Waals surface area contributed by atoms with Crippen molar-refractivity contribution in [3.05, 3.63) is 55.9 Å². The number of carbonyl (C=O) groups is 1. The molecule has 3 aromatic rings. The van der Waals surface area contributed by atoms with Crippen LogP contribution in [0.15, 0.2) is 29.1 Å². The maximum Gasteiger partial charge on any atom is 0.259 e. The Balaban J connectivity index is 1.61. The fraction of sp³-hybridized carbons (Fsp3) is 0.235. The van der Waals surface area contributed by atoms with Gasteiger partial charge in [0.1, 0.15) is 10.7 Å². The minimum Gasteiger partial charge on any atom is -0.325 e. The van der Waals surface area contributed by atoms with E-state index in [0.717, 1.165) is 15.3 Å². The number of H-pyrrole nitrogens is 1. The highest BCUT2D eigenvalue weighted by Crippen LogP contribution is 2.26. The molecule has 0 saturated carbocycles. The summed E-state index contributed by atoms with van der Waals surface area (Å²) in [4.78, 5) is 33.3. The zero-order chi connectivity index (χ0) is 18.0. The first-order valence-electron chi connectivity index (χ1n) is 7.56. The van der Waals surface area contributed by atoms with Gasteiger partial charge < -0.3 is 10.3 Å². The molecule has 130 valence electrons. The van der Waals surface area contributed by atoms with E-state index in [9.17, 15) is 9.59 Å². The maximum absolute atomic E-state index is 12.2. The topological polar surface area (TPSA) is 74.8 Å². The lowest BCUT2D eigenvalue weighted by molar-refractivity contribution is -0.113. The van der Waals surface area contributed by atoms with Crippen LogP contribution in [0.25, 0.3) is 10.2 Å². The molecule has 2 aromatic heterocycles. The minimum atomic E-state index is -0.126. The first kappa shape index (κ1) is 18.0. The van der Waals surface area contributed by atoms with Crippen LogP contribution in [0.4, 0.5) is 5.69 Å². The van der Waals surface area contributed by atoms with Crippen molar-refractivity contribution in [2.24, 2.45) is 0 Å². The molecule has 1 amide bonds. The number of fused-ring (bicyclic) bond motifs is 1. The van der Waals surface area contributed by atoms with Gasteiger partial charge in [0.25, 0.3) is 5.56 Å². The van der Waals surface area contributed by atoms with Gasteiger partial charge in [0.2, 0.25) is 5.91 Å². The van der Waals surface area contributed by atoms with E-state index < -0.39 is 0 Å².